The highest BCUT2D eigenvalue weighted by atomic mass is 15.2. The number of hydrogen-bond donors (Lipinski definition) is 0. The summed E-state index contributed by atoms with van der Waals surface area (Å²) in [4.78, 5) is 15.9. The van der Waals surface area contributed by atoms with Gasteiger partial charge in [0.05, 0.1) is 44.2 Å². The van der Waals surface area contributed by atoms with Crippen LogP contribution in [-0.2, 0) is 0 Å². The van der Waals surface area contributed by atoms with Crippen molar-refractivity contribution in [2.75, 3.05) is 0 Å². The molecule has 0 amide bonds. The standard InChI is InChI=1S/C59H37N7/c1-4-18-38(19-5-1)56-60-57(39-20-6-2-7-21-39)62-58(61-56)55-47-34-32-41(63-48-28-14-10-24-43(48)44-25-11-15-29-49(44)63)36-53(47)66-54-37-42(33-35-52(54)65(59(55)66)40-22-8-3-9-23-40)64-50-30-16-12-26-45(50)46-27-13-17-31-51(46)64/h1-37H. The van der Waals surface area contributed by atoms with Gasteiger partial charge in [-0.2, -0.15) is 0 Å². The van der Waals surface area contributed by atoms with Gasteiger partial charge in [-0.15, -0.1) is 0 Å². The molecule has 0 bridgehead atoms. The van der Waals surface area contributed by atoms with Crippen LogP contribution in [0.1, 0.15) is 0 Å². The summed E-state index contributed by atoms with van der Waals surface area (Å²) in [5, 5.41) is 5.93. The molecule has 0 N–H and O–H groups in total. The third-order valence-corrected chi connectivity index (χ3v) is 13.2. The van der Waals surface area contributed by atoms with Crippen LogP contribution in [0.4, 0.5) is 0 Å². The Hall–Kier alpha value is -9.07. The number of hydrogen-bond acceptors (Lipinski definition) is 3. The predicted molar refractivity (Wildman–Crippen MR) is 270 cm³/mol. The van der Waals surface area contributed by atoms with Crippen molar-refractivity contribution in [3.63, 3.8) is 0 Å². The van der Waals surface area contributed by atoms with Gasteiger partial charge in [-0.3, -0.25) is 8.97 Å². The van der Waals surface area contributed by atoms with Crippen molar-refractivity contribution in [3.05, 3.63) is 224 Å². The Morgan fingerprint density at radius 1 is 0.258 bits per heavy atom. The summed E-state index contributed by atoms with van der Waals surface area (Å²) in [6.07, 6.45) is 0. The van der Waals surface area contributed by atoms with Gasteiger partial charge >= 0.3 is 0 Å². The highest BCUT2D eigenvalue weighted by Crippen LogP contribution is 2.43. The minimum atomic E-state index is 0.599. The largest absolute Gasteiger partial charge is 0.309 e. The van der Waals surface area contributed by atoms with E-state index in [1.165, 1.54) is 21.5 Å². The predicted octanol–water partition coefficient (Wildman–Crippen LogP) is 14.4. The van der Waals surface area contributed by atoms with Gasteiger partial charge in [-0.25, -0.2) is 15.0 Å². The van der Waals surface area contributed by atoms with Crippen molar-refractivity contribution >= 4 is 71.2 Å². The third-order valence-electron chi connectivity index (χ3n) is 13.2. The van der Waals surface area contributed by atoms with Crippen molar-refractivity contribution < 1.29 is 0 Å². The number of benzene rings is 9. The summed E-state index contributed by atoms with van der Waals surface area (Å²) >= 11 is 0. The first kappa shape index (κ1) is 36.4. The van der Waals surface area contributed by atoms with Crippen LogP contribution in [0.15, 0.2) is 224 Å². The number of aromatic nitrogens is 7. The Labute approximate surface area is 378 Å². The molecule has 9 aromatic carbocycles. The van der Waals surface area contributed by atoms with E-state index in [1.807, 2.05) is 36.4 Å². The van der Waals surface area contributed by atoms with Crippen LogP contribution in [0, 0.1) is 0 Å². The highest BCUT2D eigenvalue weighted by molar-refractivity contribution is 6.13. The van der Waals surface area contributed by atoms with Crippen molar-refractivity contribution in [3.8, 4) is 51.2 Å². The molecule has 0 aliphatic rings. The summed E-state index contributed by atoms with van der Waals surface area (Å²) in [5.74, 6) is 1.83. The fourth-order valence-electron chi connectivity index (χ4n) is 10.4. The van der Waals surface area contributed by atoms with Crippen molar-refractivity contribution in [1.29, 1.82) is 0 Å². The fourth-order valence-corrected chi connectivity index (χ4v) is 10.4. The second-order valence-corrected chi connectivity index (χ2v) is 16.9. The molecule has 0 spiro atoms. The van der Waals surface area contributed by atoms with Crippen molar-refractivity contribution in [2.45, 2.75) is 0 Å². The molecule has 5 aromatic heterocycles. The lowest BCUT2D eigenvalue weighted by molar-refractivity contribution is 1.07. The maximum Gasteiger partial charge on any atom is 0.168 e. The summed E-state index contributed by atoms with van der Waals surface area (Å²) in [6.45, 7) is 0. The molecule has 0 unspecified atom stereocenters. The van der Waals surface area contributed by atoms with Crippen molar-refractivity contribution in [2.24, 2.45) is 0 Å². The van der Waals surface area contributed by atoms with E-state index >= 15 is 0 Å². The smallest absolute Gasteiger partial charge is 0.168 e. The van der Waals surface area contributed by atoms with Gasteiger partial charge in [-0.1, -0.05) is 152 Å². The van der Waals surface area contributed by atoms with Crippen molar-refractivity contribution in [1.82, 2.24) is 33.1 Å². The lowest BCUT2D eigenvalue weighted by Gasteiger charge is -2.12. The van der Waals surface area contributed by atoms with Gasteiger partial charge in [0.15, 0.2) is 17.5 Å². The van der Waals surface area contributed by atoms with Gasteiger partial charge in [0.25, 0.3) is 0 Å². The molecule has 0 saturated heterocycles. The maximum absolute atomic E-state index is 5.40. The highest BCUT2D eigenvalue weighted by Gasteiger charge is 2.27. The fraction of sp³-hybridized carbons (Fsp3) is 0. The molecule has 0 aliphatic heterocycles. The summed E-state index contributed by atoms with van der Waals surface area (Å²) in [7, 11) is 0. The van der Waals surface area contributed by atoms with Gasteiger partial charge in [0, 0.05) is 55.1 Å². The number of para-hydroxylation sites is 5. The van der Waals surface area contributed by atoms with Crippen LogP contribution in [-0.4, -0.2) is 33.1 Å². The Kier molecular flexibility index (Phi) is 7.85. The molecular weight excluding hydrogens is 807 g/mol. The monoisotopic (exact) mass is 843 g/mol. The summed E-state index contributed by atoms with van der Waals surface area (Å²) < 4.78 is 9.62. The van der Waals surface area contributed by atoms with Crippen LogP contribution in [0.3, 0.4) is 0 Å². The van der Waals surface area contributed by atoms with Crippen LogP contribution in [0.2, 0.25) is 0 Å². The molecule has 7 nitrogen and oxygen atoms in total. The first-order valence-electron chi connectivity index (χ1n) is 22.3. The minimum absolute atomic E-state index is 0.599. The zero-order valence-corrected chi connectivity index (χ0v) is 35.5. The molecular formula is C59H37N7. The van der Waals surface area contributed by atoms with E-state index in [-0.39, 0.29) is 0 Å². The van der Waals surface area contributed by atoms with Gasteiger partial charge in [-0.05, 0) is 72.8 Å². The number of rotatable bonds is 6. The Morgan fingerprint density at radius 3 is 1.17 bits per heavy atom. The third kappa shape index (κ3) is 5.34. The zero-order chi connectivity index (χ0) is 43.3. The van der Waals surface area contributed by atoms with Crippen LogP contribution >= 0.6 is 0 Å². The van der Waals surface area contributed by atoms with Crippen LogP contribution in [0.25, 0.3) is 122 Å². The molecule has 5 heterocycles. The molecule has 0 aliphatic carbocycles. The lowest BCUT2D eigenvalue weighted by Crippen LogP contribution is -2.02. The van der Waals surface area contributed by atoms with E-state index in [2.05, 4.69) is 206 Å². The Morgan fingerprint density at radius 2 is 0.667 bits per heavy atom. The van der Waals surface area contributed by atoms with Gasteiger partial charge in [0.1, 0.15) is 5.65 Å². The van der Waals surface area contributed by atoms with E-state index in [0.29, 0.717) is 17.5 Å². The number of fused-ring (bicyclic) bond motifs is 11. The molecule has 0 radical (unpaired) electrons. The summed E-state index contributed by atoms with van der Waals surface area (Å²) in [5.41, 5.74) is 14.7. The number of nitrogens with zero attached hydrogens (tertiary/aromatic N) is 7. The molecule has 7 heteroatoms. The molecule has 308 valence electrons. The van der Waals surface area contributed by atoms with E-state index < -0.39 is 0 Å². The molecule has 0 saturated carbocycles. The van der Waals surface area contributed by atoms with E-state index in [9.17, 15) is 0 Å². The average Bonchev–Trinajstić information content (AvgIpc) is 4.11. The molecule has 14 rings (SSSR count). The van der Waals surface area contributed by atoms with Crippen LogP contribution in [0.5, 0.6) is 0 Å². The first-order valence-corrected chi connectivity index (χ1v) is 22.3. The maximum atomic E-state index is 5.40. The summed E-state index contributed by atoms with van der Waals surface area (Å²) in [6, 6.07) is 79.7. The van der Waals surface area contributed by atoms with E-state index in [4.69, 9.17) is 15.0 Å². The topological polar surface area (TPSA) is 57.9 Å². The van der Waals surface area contributed by atoms with Crippen LogP contribution < -0.4 is 0 Å². The molecule has 0 atom stereocenters. The van der Waals surface area contributed by atoms with E-state index in [1.54, 1.807) is 0 Å². The average molecular weight is 844 g/mol. The first-order chi connectivity index (χ1) is 32.8. The molecule has 66 heavy (non-hydrogen) atoms. The normalized spacial score (nSPS) is 11.9. The number of imidazole rings is 1. The Bertz CT molecular complexity index is 4050. The van der Waals surface area contributed by atoms with E-state index in [0.717, 1.165) is 83.4 Å². The minimum Gasteiger partial charge on any atom is -0.309 e. The zero-order valence-electron chi connectivity index (χ0n) is 35.5. The molecule has 0 fully saturated rings. The second kappa shape index (κ2) is 14.2. The quantitative estimate of drug-likeness (QED) is 0.168. The Balaban J connectivity index is 1.15. The molecule has 14 aromatic rings. The second-order valence-electron chi connectivity index (χ2n) is 16.9. The van der Waals surface area contributed by atoms with Gasteiger partial charge < -0.3 is 9.13 Å². The van der Waals surface area contributed by atoms with Gasteiger partial charge in [0.2, 0.25) is 0 Å². The SMILES string of the molecule is c1ccc(-c2nc(-c3ccccc3)nc(-c3c4ccc(-n5c6ccccc6c6ccccc65)cc4n4c5cc(-n6c7ccccc7c7ccccc76)ccc5n(-c5ccccc5)c34)n2)cc1. The lowest BCUT2D eigenvalue weighted by atomic mass is 10.1.